The molecule has 0 spiro atoms. The lowest BCUT2D eigenvalue weighted by Gasteiger charge is -2.10. The number of hydrogen-bond acceptors (Lipinski definition) is 3. The minimum Gasteiger partial charge on any atom is -0.324 e. The molecule has 0 bridgehead atoms. The van der Waals surface area contributed by atoms with Crippen molar-refractivity contribution in [3.8, 4) is 0 Å². The van der Waals surface area contributed by atoms with E-state index in [2.05, 4.69) is 20.7 Å². The van der Waals surface area contributed by atoms with Crippen LogP contribution in [0.5, 0.6) is 0 Å². The molecule has 0 amide bonds. The van der Waals surface area contributed by atoms with Gasteiger partial charge in [-0.2, -0.15) is 0 Å². The van der Waals surface area contributed by atoms with Crippen LogP contribution in [0.4, 0.5) is 5.69 Å². The largest absolute Gasteiger partial charge is 0.324 e. The van der Waals surface area contributed by atoms with E-state index in [0.29, 0.717) is 5.96 Å². The van der Waals surface area contributed by atoms with Gasteiger partial charge >= 0.3 is 0 Å². The first kappa shape index (κ1) is 10.5. The van der Waals surface area contributed by atoms with Gasteiger partial charge in [-0.05, 0) is 26.0 Å². The van der Waals surface area contributed by atoms with Crippen LogP contribution in [0, 0.1) is 13.8 Å². The summed E-state index contributed by atoms with van der Waals surface area (Å²) in [6.07, 6.45) is 0. The van der Waals surface area contributed by atoms with Gasteiger partial charge in [0.15, 0.2) is 0 Å². The highest BCUT2D eigenvalue weighted by molar-refractivity contribution is 5.93. The molecule has 0 saturated heterocycles. The van der Waals surface area contributed by atoms with Crippen molar-refractivity contribution in [2.75, 3.05) is 12.4 Å². The molecule has 0 atom stereocenters. The molecule has 1 aromatic rings. The first-order valence-electron chi connectivity index (χ1n) is 4.32. The van der Waals surface area contributed by atoms with Crippen LogP contribution in [0.25, 0.3) is 0 Å². The van der Waals surface area contributed by atoms with Gasteiger partial charge in [0, 0.05) is 12.7 Å². The van der Waals surface area contributed by atoms with E-state index in [1.165, 1.54) is 0 Å². The van der Waals surface area contributed by atoms with Crippen LogP contribution in [0.3, 0.4) is 0 Å². The Morgan fingerprint density at radius 3 is 2.64 bits per heavy atom. The van der Waals surface area contributed by atoms with E-state index in [0.717, 1.165) is 17.1 Å². The number of anilines is 1. The molecule has 5 nitrogen and oxygen atoms in total. The van der Waals surface area contributed by atoms with Gasteiger partial charge in [0.2, 0.25) is 5.96 Å². The summed E-state index contributed by atoms with van der Waals surface area (Å²) in [6.45, 7) is 3.88. The standard InChI is InChI=1S/C9H15N5/c1-6-4-5-8(7(2)12-6)13-9(11-3)14-10/h4-5H,10H2,1-3H3,(H2,11,13,14). The molecule has 0 aliphatic rings. The molecule has 14 heavy (non-hydrogen) atoms. The van der Waals surface area contributed by atoms with Gasteiger partial charge in [0.25, 0.3) is 0 Å². The number of pyridine rings is 1. The topological polar surface area (TPSA) is 75.3 Å². The Hall–Kier alpha value is -1.62. The van der Waals surface area contributed by atoms with Gasteiger partial charge in [-0.3, -0.25) is 15.4 Å². The number of aromatic nitrogens is 1. The van der Waals surface area contributed by atoms with Gasteiger partial charge in [-0.1, -0.05) is 0 Å². The quantitative estimate of drug-likeness (QED) is 0.264. The van der Waals surface area contributed by atoms with Crippen molar-refractivity contribution in [2.45, 2.75) is 13.8 Å². The summed E-state index contributed by atoms with van der Waals surface area (Å²) in [6, 6.07) is 3.87. The number of nitrogens with one attached hydrogen (secondary N) is 2. The Morgan fingerprint density at radius 1 is 1.43 bits per heavy atom. The second-order valence-corrected chi connectivity index (χ2v) is 2.93. The Morgan fingerprint density at radius 2 is 2.14 bits per heavy atom. The minimum atomic E-state index is 0.513. The van der Waals surface area contributed by atoms with E-state index in [1.807, 2.05) is 26.0 Å². The van der Waals surface area contributed by atoms with Crippen LogP contribution in [0.2, 0.25) is 0 Å². The first-order chi connectivity index (χ1) is 6.67. The van der Waals surface area contributed by atoms with E-state index in [4.69, 9.17) is 5.84 Å². The second kappa shape index (κ2) is 4.57. The smallest absolute Gasteiger partial charge is 0.210 e. The van der Waals surface area contributed by atoms with Crippen LogP contribution in [-0.2, 0) is 0 Å². The third-order valence-electron chi connectivity index (χ3n) is 1.84. The third kappa shape index (κ3) is 2.43. The third-order valence-corrected chi connectivity index (χ3v) is 1.84. The number of aliphatic imine (C=N–C) groups is 1. The molecule has 0 radical (unpaired) electrons. The van der Waals surface area contributed by atoms with Crippen molar-refractivity contribution in [3.63, 3.8) is 0 Å². The lowest BCUT2D eigenvalue weighted by atomic mass is 10.3. The number of nitrogens with zero attached hydrogens (tertiary/aromatic N) is 2. The summed E-state index contributed by atoms with van der Waals surface area (Å²) in [5.74, 6) is 5.76. The van der Waals surface area contributed by atoms with Crippen molar-refractivity contribution in [2.24, 2.45) is 10.8 Å². The van der Waals surface area contributed by atoms with Crippen molar-refractivity contribution in [1.29, 1.82) is 0 Å². The van der Waals surface area contributed by atoms with Crippen molar-refractivity contribution in [1.82, 2.24) is 10.4 Å². The highest BCUT2D eigenvalue weighted by Crippen LogP contribution is 2.11. The lowest BCUT2D eigenvalue weighted by molar-refractivity contribution is 1.01. The molecule has 4 N–H and O–H groups in total. The predicted octanol–water partition coefficient (Wildman–Crippen LogP) is 0.559. The fourth-order valence-electron chi connectivity index (χ4n) is 1.10. The number of guanidine groups is 1. The van der Waals surface area contributed by atoms with E-state index in [9.17, 15) is 0 Å². The van der Waals surface area contributed by atoms with E-state index in [-0.39, 0.29) is 0 Å². The van der Waals surface area contributed by atoms with Gasteiger partial charge in [-0.25, -0.2) is 5.84 Å². The zero-order valence-corrected chi connectivity index (χ0v) is 8.63. The van der Waals surface area contributed by atoms with Crippen molar-refractivity contribution >= 4 is 11.6 Å². The summed E-state index contributed by atoms with van der Waals surface area (Å²) < 4.78 is 0. The highest BCUT2D eigenvalue weighted by Gasteiger charge is 2.01. The van der Waals surface area contributed by atoms with E-state index < -0.39 is 0 Å². The summed E-state index contributed by atoms with van der Waals surface area (Å²) in [5, 5.41) is 3.03. The Bertz CT molecular complexity index is 345. The molecule has 1 aromatic heterocycles. The maximum Gasteiger partial charge on any atom is 0.210 e. The molecule has 0 aliphatic carbocycles. The maximum absolute atomic E-state index is 5.25. The number of nitrogens with two attached hydrogens (primary N) is 1. The molecular weight excluding hydrogens is 178 g/mol. The molecule has 0 fully saturated rings. The summed E-state index contributed by atoms with van der Waals surface area (Å²) in [7, 11) is 1.65. The van der Waals surface area contributed by atoms with Crippen LogP contribution >= 0.6 is 0 Å². The van der Waals surface area contributed by atoms with Crippen molar-refractivity contribution < 1.29 is 0 Å². The van der Waals surface area contributed by atoms with Gasteiger partial charge in [0.05, 0.1) is 11.4 Å². The molecule has 0 saturated carbocycles. The van der Waals surface area contributed by atoms with Gasteiger partial charge in [0.1, 0.15) is 0 Å². The maximum atomic E-state index is 5.25. The number of aryl methyl sites for hydroxylation is 2. The van der Waals surface area contributed by atoms with Crippen LogP contribution < -0.4 is 16.6 Å². The average molecular weight is 193 g/mol. The average Bonchev–Trinajstić information content (AvgIpc) is 2.17. The monoisotopic (exact) mass is 193 g/mol. The zero-order valence-electron chi connectivity index (χ0n) is 8.63. The van der Waals surface area contributed by atoms with Crippen molar-refractivity contribution in [3.05, 3.63) is 23.5 Å². The highest BCUT2D eigenvalue weighted by atomic mass is 15.3. The molecule has 1 rings (SSSR count). The second-order valence-electron chi connectivity index (χ2n) is 2.93. The molecule has 5 heteroatoms. The number of hydrogen-bond donors (Lipinski definition) is 3. The summed E-state index contributed by atoms with van der Waals surface area (Å²) in [5.41, 5.74) is 5.26. The summed E-state index contributed by atoms with van der Waals surface area (Å²) >= 11 is 0. The zero-order chi connectivity index (χ0) is 10.6. The van der Waals surface area contributed by atoms with Crippen LogP contribution in [0.1, 0.15) is 11.4 Å². The fourth-order valence-corrected chi connectivity index (χ4v) is 1.10. The van der Waals surface area contributed by atoms with Gasteiger partial charge < -0.3 is 5.32 Å². The molecule has 0 aromatic carbocycles. The normalized spacial score (nSPS) is 11.3. The Balaban J connectivity index is 2.87. The van der Waals surface area contributed by atoms with E-state index in [1.54, 1.807) is 7.05 Å². The number of hydrazine groups is 1. The lowest BCUT2D eigenvalue weighted by Crippen LogP contribution is -2.36. The summed E-state index contributed by atoms with van der Waals surface area (Å²) in [4.78, 5) is 8.22. The van der Waals surface area contributed by atoms with Gasteiger partial charge in [-0.15, -0.1) is 0 Å². The molecule has 0 aliphatic heterocycles. The molecule has 0 unspecified atom stereocenters. The Kier molecular flexibility index (Phi) is 3.41. The predicted molar refractivity (Wildman–Crippen MR) is 58.0 cm³/mol. The minimum absolute atomic E-state index is 0.513. The van der Waals surface area contributed by atoms with Crippen LogP contribution in [0.15, 0.2) is 17.1 Å². The number of rotatable bonds is 1. The Labute approximate surface area is 83.4 Å². The van der Waals surface area contributed by atoms with Crippen LogP contribution in [-0.4, -0.2) is 18.0 Å². The molecular formula is C9H15N5. The molecule has 76 valence electrons. The first-order valence-corrected chi connectivity index (χ1v) is 4.32. The van der Waals surface area contributed by atoms with E-state index >= 15 is 0 Å². The molecule has 1 heterocycles. The SMILES string of the molecule is CN=C(NN)Nc1ccc(C)nc1C. The fraction of sp³-hybridized carbons (Fsp3) is 0.333.